The van der Waals surface area contributed by atoms with E-state index >= 15 is 0 Å². The molecule has 3 rings (SSSR count). The Labute approximate surface area is 131 Å². The largest absolute Gasteiger partial charge is 0.368 e. The van der Waals surface area contributed by atoms with Gasteiger partial charge in [-0.2, -0.15) is 0 Å². The molecule has 114 valence electrons. The Hall–Kier alpha value is -2.13. The van der Waals surface area contributed by atoms with Crippen molar-refractivity contribution in [2.45, 2.75) is 31.9 Å². The Morgan fingerprint density at radius 3 is 2.41 bits per heavy atom. The highest BCUT2D eigenvalue weighted by atomic mass is 16.5. The molecule has 2 aromatic carbocycles. The van der Waals surface area contributed by atoms with Gasteiger partial charge in [0.25, 0.3) is 0 Å². The minimum atomic E-state index is -0.272. The first kappa shape index (κ1) is 14.8. The first-order chi connectivity index (χ1) is 10.7. The Kier molecular flexibility index (Phi) is 4.54. The van der Waals surface area contributed by atoms with E-state index in [1.807, 2.05) is 25.1 Å². The second-order valence-electron chi connectivity index (χ2n) is 5.72. The summed E-state index contributed by atoms with van der Waals surface area (Å²) >= 11 is 0. The molecule has 2 aromatic rings. The molecule has 1 N–H and O–H groups in total. The van der Waals surface area contributed by atoms with Crippen LogP contribution in [0.5, 0.6) is 0 Å². The Balaban J connectivity index is 1.66. The van der Waals surface area contributed by atoms with E-state index in [-0.39, 0.29) is 18.1 Å². The fraction of sp³-hybridized carbons (Fsp3) is 0.316. The van der Waals surface area contributed by atoms with Crippen molar-refractivity contribution >= 4 is 5.91 Å². The molecule has 2 atom stereocenters. The summed E-state index contributed by atoms with van der Waals surface area (Å²) in [6, 6.07) is 18.6. The minimum absolute atomic E-state index is 0.00265. The average molecular weight is 295 g/mol. The Morgan fingerprint density at radius 2 is 1.77 bits per heavy atom. The van der Waals surface area contributed by atoms with Gasteiger partial charge >= 0.3 is 0 Å². The molecule has 3 nitrogen and oxygen atoms in total. The summed E-state index contributed by atoms with van der Waals surface area (Å²) in [5.41, 5.74) is 3.48. The highest BCUT2D eigenvalue weighted by Crippen LogP contribution is 2.22. The normalized spacial score (nSPS) is 18.9. The number of carbonyl (C=O) groups excluding carboxylic acids is 1. The van der Waals surface area contributed by atoms with Crippen molar-refractivity contribution in [3.8, 4) is 11.1 Å². The van der Waals surface area contributed by atoms with Crippen LogP contribution < -0.4 is 5.32 Å². The summed E-state index contributed by atoms with van der Waals surface area (Å²) in [5, 5.41) is 3.03. The van der Waals surface area contributed by atoms with Crippen molar-refractivity contribution in [2.24, 2.45) is 0 Å². The van der Waals surface area contributed by atoms with Crippen molar-refractivity contribution < 1.29 is 9.53 Å². The number of carbonyl (C=O) groups is 1. The summed E-state index contributed by atoms with van der Waals surface area (Å²) in [4.78, 5) is 12.1. The zero-order valence-electron chi connectivity index (χ0n) is 12.8. The van der Waals surface area contributed by atoms with Crippen LogP contribution in [0.4, 0.5) is 0 Å². The first-order valence-corrected chi connectivity index (χ1v) is 7.81. The van der Waals surface area contributed by atoms with Crippen LogP contribution in [0.1, 0.15) is 31.4 Å². The highest BCUT2D eigenvalue weighted by molar-refractivity contribution is 5.81. The highest BCUT2D eigenvalue weighted by Gasteiger charge is 2.24. The van der Waals surface area contributed by atoms with E-state index in [4.69, 9.17) is 4.74 Å². The van der Waals surface area contributed by atoms with E-state index in [0.29, 0.717) is 6.61 Å². The lowest BCUT2D eigenvalue weighted by molar-refractivity contribution is -0.130. The molecular formula is C19H21NO2. The minimum Gasteiger partial charge on any atom is -0.368 e. The van der Waals surface area contributed by atoms with Crippen molar-refractivity contribution in [1.29, 1.82) is 0 Å². The molecule has 0 bridgehead atoms. The zero-order chi connectivity index (χ0) is 15.4. The Morgan fingerprint density at radius 1 is 1.09 bits per heavy atom. The summed E-state index contributed by atoms with van der Waals surface area (Å²) in [6.45, 7) is 2.70. The third kappa shape index (κ3) is 3.37. The molecule has 22 heavy (non-hydrogen) atoms. The summed E-state index contributed by atoms with van der Waals surface area (Å²) < 4.78 is 5.42. The fourth-order valence-corrected chi connectivity index (χ4v) is 2.77. The number of hydrogen-bond acceptors (Lipinski definition) is 2. The molecule has 1 amide bonds. The van der Waals surface area contributed by atoms with Gasteiger partial charge in [-0.05, 0) is 36.5 Å². The SMILES string of the molecule is C[C@H](NC(=O)[C@H]1CCCO1)c1ccc(-c2ccccc2)cc1. The van der Waals surface area contributed by atoms with E-state index < -0.39 is 0 Å². The van der Waals surface area contributed by atoms with Crippen LogP contribution in [0.25, 0.3) is 11.1 Å². The van der Waals surface area contributed by atoms with Gasteiger partial charge in [-0.3, -0.25) is 4.79 Å². The van der Waals surface area contributed by atoms with Crippen LogP contribution in [-0.2, 0) is 9.53 Å². The summed E-state index contributed by atoms with van der Waals surface area (Å²) in [5.74, 6) is -0.00265. The van der Waals surface area contributed by atoms with Crippen molar-refractivity contribution in [2.75, 3.05) is 6.61 Å². The van der Waals surface area contributed by atoms with E-state index in [0.717, 1.165) is 18.4 Å². The van der Waals surface area contributed by atoms with Gasteiger partial charge in [-0.25, -0.2) is 0 Å². The van der Waals surface area contributed by atoms with Crippen LogP contribution in [0.3, 0.4) is 0 Å². The van der Waals surface area contributed by atoms with Crippen LogP contribution in [0, 0.1) is 0 Å². The molecule has 1 aliphatic rings. The van der Waals surface area contributed by atoms with Gasteiger partial charge in [0, 0.05) is 6.61 Å². The maximum Gasteiger partial charge on any atom is 0.249 e. The number of rotatable bonds is 4. The second kappa shape index (κ2) is 6.75. The molecule has 0 saturated carbocycles. The number of ether oxygens (including phenoxy) is 1. The topological polar surface area (TPSA) is 38.3 Å². The van der Waals surface area contributed by atoms with Crippen molar-refractivity contribution in [1.82, 2.24) is 5.32 Å². The first-order valence-electron chi connectivity index (χ1n) is 7.81. The van der Waals surface area contributed by atoms with E-state index in [9.17, 15) is 4.79 Å². The lowest BCUT2D eigenvalue weighted by Gasteiger charge is -2.17. The van der Waals surface area contributed by atoms with Crippen LogP contribution >= 0.6 is 0 Å². The average Bonchev–Trinajstić information content (AvgIpc) is 3.10. The van der Waals surface area contributed by atoms with Gasteiger partial charge in [0.05, 0.1) is 6.04 Å². The predicted molar refractivity (Wildman–Crippen MR) is 87.4 cm³/mol. The van der Waals surface area contributed by atoms with Gasteiger partial charge in [-0.1, -0.05) is 54.6 Å². The van der Waals surface area contributed by atoms with Crippen LogP contribution in [0.15, 0.2) is 54.6 Å². The second-order valence-corrected chi connectivity index (χ2v) is 5.72. The maximum absolute atomic E-state index is 12.1. The molecule has 1 aliphatic heterocycles. The lowest BCUT2D eigenvalue weighted by Crippen LogP contribution is -2.35. The number of amides is 1. The monoisotopic (exact) mass is 295 g/mol. The quantitative estimate of drug-likeness (QED) is 0.933. The summed E-state index contributed by atoms with van der Waals surface area (Å²) in [7, 11) is 0. The third-order valence-corrected chi connectivity index (χ3v) is 4.10. The van der Waals surface area contributed by atoms with Gasteiger partial charge in [0.15, 0.2) is 0 Å². The van der Waals surface area contributed by atoms with Crippen LogP contribution in [0.2, 0.25) is 0 Å². The molecule has 0 aromatic heterocycles. The summed E-state index contributed by atoms with van der Waals surface area (Å²) in [6.07, 6.45) is 1.52. The molecule has 0 unspecified atom stereocenters. The van der Waals surface area contributed by atoms with Gasteiger partial charge in [0.2, 0.25) is 5.91 Å². The van der Waals surface area contributed by atoms with Crippen molar-refractivity contribution in [3.05, 3.63) is 60.2 Å². The maximum atomic E-state index is 12.1. The Bertz CT molecular complexity index is 616. The smallest absolute Gasteiger partial charge is 0.249 e. The van der Waals surface area contributed by atoms with E-state index in [1.165, 1.54) is 11.1 Å². The number of hydrogen-bond donors (Lipinski definition) is 1. The zero-order valence-corrected chi connectivity index (χ0v) is 12.8. The predicted octanol–water partition coefficient (Wildman–Crippen LogP) is 3.71. The molecule has 0 radical (unpaired) electrons. The van der Waals surface area contributed by atoms with E-state index in [1.54, 1.807) is 0 Å². The molecule has 1 heterocycles. The number of nitrogens with one attached hydrogen (secondary N) is 1. The van der Waals surface area contributed by atoms with Crippen LogP contribution in [-0.4, -0.2) is 18.6 Å². The van der Waals surface area contributed by atoms with Gasteiger partial charge in [-0.15, -0.1) is 0 Å². The molecule has 3 heteroatoms. The molecule has 0 aliphatic carbocycles. The van der Waals surface area contributed by atoms with Gasteiger partial charge in [0.1, 0.15) is 6.10 Å². The molecule has 0 spiro atoms. The van der Waals surface area contributed by atoms with Crippen molar-refractivity contribution in [3.63, 3.8) is 0 Å². The lowest BCUT2D eigenvalue weighted by atomic mass is 10.0. The standard InChI is InChI=1S/C19H21NO2/c1-14(20-19(21)18-8-5-13-22-18)15-9-11-17(12-10-15)16-6-3-2-4-7-16/h2-4,6-7,9-12,14,18H,5,8,13H2,1H3,(H,20,21)/t14-,18+/m0/s1. The molecular weight excluding hydrogens is 274 g/mol. The molecule has 1 saturated heterocycles. The fourth-order valence-electron chi connectivity index (χ4n) is 2.77. The van der Waals surface area contributed by atoms with Gasteiger partial charge < -0.3 is 10.1 Å². The third-order valence-electron chi connectivity index (χ3n) is 4.10. The number of benzene rings is 2. The molecule has 1 fully saturated rings. The van der Waals surface area contributed by atoms with E-state index in [2.05, 4.69) is 41.7 Å².